The molecular formula is C13H21BrOSi. The topological polar surface area (TPSA) is 9.23 Å². The van der Waals surface area contributed by atoms with Crippen molar-refractivity contribution >= 4 is 24.2 Å². The molecule has 16 heavy (non-hydrogen) atoms. The first-order valence-corrected chi connectivity index (χ1v) is 9.83. The summed E-state index contributed by atoms with van der Waals surface area (Å²) in [6.07, 6.45) is 2.55. The SMILES string of the molecule is CCCC[Si](C)(C)OCc1cccc(Br)c1. The molecule has 1 aromatic carbocycles. The van der Waals surface area contributed by atoms with E-state index < -0.39 is 8.32 Å². The number of benzene rings is 1. The minimum Gasteiger partial charge on any atom is -0.413 e. The van der Waals surface area contributed by atoms with E-state index in [0.29, 0.717) is 0 Å². The Kier molecular flexibility index (Phi) is 5.73. The van der Waals surface area contributed by atoms with Gasteiger partial charge in [-0.05, 0) is 36.8 Å². The van der Waals surface area contributed by atoms with Crippen molar-refractivity contribution in [2.75, 3.05) is 0 Å². The van der Waals surface area contributed by atoms with Crippen molar-refractivity contribution in [2.24, 2.45) is 0 Å². The van der Waals surface area contributed by atoms with Crippen molar-refractivity contribution in [1.82, 2.24) is 0 Å². The molecule has 0 saturated carbocycles. The summed E-state index contributed by atoms with van der Waals surface area (Å²) in [5.41, 5.74) is 1.26. The highest BCUT2D eigenvalue weighted by Gasteiger charge is 2.21. The molecule has 0 aliphatic carbocycles. The molecule has 0 heterocycles. The summed E-state index contributed by atoms with van der Waals surface area (Å²) in [6, 6.07) is 9.61. The molecule has 0 atom stereocenters. The molecular weight excluding hydrogens is 280 g/mol. The van der Waals surface area contributed by atoms with Crippen LogP contribution in [-0.4, -0.2) is 8.32 Å². The van der Waals surface area contributed by atoms with E-state index in [1.165, 1.54) is 24.4 Å². The van der Waals surface area contributed by atoms with Gasteiger partial charge in [0.25, 0.3) is 0 Å². The number of hydrogen-bond acceptors (Lipinski definition) is 1. The summed E-state index contributed by atoms with van der Waals surface area (Å²) in [4.78, 5) is 0. The van der Waals surface area contributed by atoms with Crippen LogP contribution in [0.3, 0.4) is 0 Å². The van der Waals surface area contributed by atoms with E-state index >= 15 is 0 Å². The fourth-order valence-corrected chi connectivity index (χ4v) is 3.93. The normalized spacial score (nSPS) is 11.8. The molecule has 0 radical (unpaired) electrons. The second kappa shape index (κ2) is 6.57. The van der Waals surface area contributed by atoms with Crippen LogP contribution in [0.25, 0.3) is 0 Å². The van der Waals surface area contributed by atoms with E-state index in [9.17, 15) is 0 Å². The van der Waals surface area contributed by atoms with Crippen molar-refractivity contribution < 1.29 is 4.43 Å². The highest BCUT2D eigenvalue weighted by atomic mass is 79.9. The van der Waals surface area contributed by atoms with Gasteiger partial charge in [0.15, 0.2) is 8.32 Å². The lowest BCUT2D eigenvalue weighted by atomic mass is 10.2. The van der Waals surface area contributed by atoms with Crippen molar-refractivity contribution in [3.05, 3.63) is 34.3 Å². The molecule has 0 aliphatic heterocycles. The number of unbranched alkanes of at least 4 members (excludes halogenated alkanes) is 1. The van der Waals surface area contributed by atoms with E-state index in [2.05, 4.69) is 54.1 Å². The maximum atomic E-state index is 6.09. The Bertz CT molecular complexity index is 325. The Morgan fingerprint density at radius 1 is 1.31 bits per heavy atom. The van der Waals surface area contributed by atoms with Gasteiger partial charge in [-0.3, -0.25) is 0 Å². The minimum absolute atomic E-state index is 0.752. The van der Waals surface area contributed by atoms with Gasteiger partial charge in [-0.2, -0.15) is 0 Å². The van der Waals surface area contributed by atoms with E-state index in [1.54, 1.807) is 0 Å². The van der Waals surface area contributed by atoms with Gasteiger partial charge in [-0.25, -0.2) is 0 Å². The summed E-state index contributed by atoms with van der Waals surface area (Å²) in [5.74, 6) is 0. The standard InChI is InChI=1S/C13H21BrOSi/c1-4-5-9-16(2,3)15-11-12-7-6-8-13(14)10-12/h6-8,10H,4-5,9,11H2,1-3H3. The van der Waals surface area contributed by atoms with E-state index in [4.69, 9.17) is 4.43 Å². The molecule has 1 rings (SSSR count). The lowest BCUT2D eigenvalue weighted by Crippen LogP contribution is -2.29. The van der Waals surface area contributed by atoms with Gasteiger partial charge in [0.2, 0.25) is 0 Å². The Labute approximate surface area is 108 Å². The highest BCUT2D eigenvalue weighted by Crippen LogP contribution is 2.18. The molecule has 0 saturated heterocycles. The van der Waals surface area contributed by atoms with Gasteiger partial charge < -0.3 is 4.43 Å². The first-order chi connectivity index (χ1) is 7.53. The summed E-state index contributed by atoms with van der Waals surface area (Å²) in [5, 5.41) is 0. The third kappa shape index (κ3) is 5.28. The maximum absolute atomic E-state index is 6.09. The van der Waals surface area contributed by atoms with Crippen molar-refractivity contribution in [3.8, 4) is 0 Å². The van der Waals surface area contributed by atoms with Crippen molar-refractivity contribution in [3.63, 3.8) is 0 Å². The number of rotatable bonds is 6. The number of halogens is 1. The zero-order valence-corrected chi connectivity index (χ0v) is 13.0. The van der Waals surface area contributed by atoms with E-state index in [-0.39, 0.29) is 0 Å². The van der Waals surface area contributed by atoms with Crippen LogP contribution < -0.4 is 0 Å². The number of hydrogen-bond donors (Lipinski definition) is 0. The molecule has 1 nitrogen and oxygen atoms in total. The molecule has 0 aromatic heterocycles. The Morgan fingerprint density at radius 3 is 2.69 bits per heavy atom. The van der Waals surface area contributed by atoms with E-state index in [1.807, 2.05) is 6.07 Å². The quantitative estimate of drug-likeness (QED) is 0.674. The van der Waals surface area contributed by atoms with Gasteiger partial charge in [0, 0.05) is 4.47 Å². The Balaban J connectivity index is 2.44. The van der Waals surface area contributed by atoms with Gasteiger partial charge in [0.05, 0.1) is 6.61 Å². The first kappa shape index (κ1) is 13.9. The molecule has 0 amide bonds. The second-order valence-corrected chi connectivity index (χ2v) is 10.0. The van der Waals surface area contributed by atoms with Gasteiger partial charge in [0.1, 0.15) is 0 Å². The monoisotopic (exact) mass is 300 g/mol. The Hall–Kier alpha value is -0.123. The third-order valence-electron chi connectivity index (χ3n) is 2.65. The van der Waals surface area contributed by atoms with Crippen LogP contribution in [0.4, 0.5) is 0 Å². The van der Waals surface area contributed by atoms with Crippen LogP contribution >= 0.6 is 15.9 Å². The van der Waals surface area contributed by atoms with Crippen LogP contribution in [0.5, 0.6) is 0 Å². The zero-order valence-electron chi connectivity index (χ0n) is 10.4. The van der Waals surface area contributed by atoms with Crippen molar-refractivity contribution in [2.45, 2.75) is 45.5 Å². The molecule has 90 valence electrons. The lowest BCUT2D eigenvalue weighted by molar-refractivity contribution is 0.293. The summed E-state index contributed by atoms with van der Waals surface area (Å²) >= 11 is 3.48. The van der Waals surface area contributed by atoms with Gasteiger partial charge in [-0.15, -0.1) is 0 Å². The molecule has 0 fully saturated rings. The predicted octanol–water partition coefficient (Wildman–Crippen LogP) is 4.97. The average Bonchev–Trinajstić information content (AvgIpc) is 2.24. The van der Waals surface area contributed by atoms with Crippen molar-refractivity contribution in [1.29, 1.82) is 0 Å². The summed E-state index contributed by atoms with van der Waals surface area (Å²) < 4.78 is 7.22. The maximum Gasteiger partial charge on any atom is 0.187 e. The third-order valence-corrected chi connectivity index (χ3v) is 5.63. The zero-order chi connectivity index (χ0) is 12.0. The first-order valence-electron chi connectivity index (χ1n) is 5.92. The average molecular weight is 301 g/mol. The lowest BCUT2D eigenvalue weighted by Gasteiger charge is -2.22. The van der Waals surface area contributed by atoms with Crippen LogP contribution in [0.2, 0.25) is 19.1 Å². The van der Waals surface area contributed by atoms with Gasteiger partial charge in [-0.1, -0.05) is 47.8 Å². The van der Waals surface area contributed by atoms with Crippen LogP contribution in [-0.2, 0) is 11.0 Å². The highest BCUT2D eigenvalue weighted by molar-refractivity contribution is 9.10. The molecule has 0 aliphatic rings. The molecule has 0 bridgehead atoms. The molecule has 0 spiro atoms. The van der Waals surface area contributed by atoms with Gasteiger partial charge >= 0.3 is 0 Å². The largest absolute Gasteiger partial charge is 0.413 e. The fraction of sp³-hybridized carbons (Fsp3) is 0.538. The molecule has 1 aromatic rings. The summed E-state index contributed by atoms with van der Waals surface area (Å²) in [6.45, 7) is 7.60. The fourth-order valence-electron chi connectivity index (χ4n) is 1.58. The predicted molar refractivity (Wildman–Crippen MR) is 76.1 cm³/mol. The summed E-state index contributed by atoms with van der Waals surface area (Å²) in [7, 11) is -1.44. The second-order valence-electron chi connectivity index (χ2n) is 4.78. The van der Waals surface area contributed by atoms with Crippen LogP contribution in [0.15, 0.2) is 28.7 Å². The molecule has 0 N–H and O–H groups in total. The Morgan fingerprint density at radius 2 is 2.06 bits per heavy atom. The molecule has 0 unspecified atom stereocenters. The van der Waals surface area contributed by atoms with Crippen LogP contribution in [0.1, 0.15) is 25.3 Å². The minimum atomic E-state index is -1.44. The van der Waals surface area contributed by atoms with Crippen LogP contribution in [0, 0.1) is 0 Å². The smallest absolute Gasteiger partial charge is 0.187 e. The molecule has 3 heteroatoms. The van der Waals surface area contributed by atoms with E-state index in [0.717, 1.165) is 11.1 Å².